The first-order chi connectivity index (χ1) is 21.1. The molecule has 43 heavy (non-hydrogen) atoms. The summed E-state index contributed by atoms with van der Waals surface area (Å²) in [5, 5.41) is 28.0. The van der Waals surface area contributed by atoms with Crippen LogP contribution in [-0.2, 0) is 0 Å². The summed E-state index contributed by atoms with van der Waals surface area (Å²) in [6.07, 6.45) is 6.73. The summed E-state index contributed by atoms with van der Waals surface area (Å²) in [7, 11) is 0. The van der Waals surface area contributed by atoms with Crippen molar-refractivity contribution in [2.45, 2.75) is 56.1 Å². The van der Waals surface area contributed by atoms with Gasteiger partial charge in [0, 0.05) is 30.7 Å². The van der Waals surface area contributed by atoms with Gasteiger partial charge in [-0.1, -0.05) is 29.5 Å². The van der Waals surface area contributed by atoms with Crippen LogP contribution in [0, 0.1) is 5.82 Å². The molecule has 2 unspecified atom stereocenters. The molecule has 9 rings (SSSR count). The lowest BCUT2D eigenvalue weighted by Gasteiger charge is -2.34. The zero-order chi connectivity index (χ0) is 28.7. The number of aromatic nitrogens is 5. The maximum Gasteiger partial charge on any atom is 0.319 e. The normalized spacial score (nSPS) is 23.1. The molecular formula is C32H33FN8O2. The Kier molecular flexibility index (Phi) is 5.59. The van der Waals surface area contributed by atoms with Crippen LogP contribution in [0.1, 0.15) is 38.5 Å². The predicted molar refractivity (Wildman–Crippen MR) is 162 cm³/mol. The average molecular weight is 581 g/mol. The van der Waals surface area contributed by atoms with Crippen LogP contribution in [0.3, 0.4) is 0 Å². The van der Waals surface area contributed by atoms with Gasteiger partial charge in [0.25, 0.3) is 0 Å². The van der Waals surface area contributed by atoms with E-state index in [1.165, 1.54) is 0 Å². The summed E-state index contributed by atoms with van der Waals surface area (Å²) in [4.78, 5) is 14.5. The topological polar surface area (TPSA) is 115 Å². The second-order valence-electron chi connectivity index (χ2n) is 12.7. The van der Waals surface area contributed by atoms with E-state index in [1.807, 2.05) is 24.3 Å². The van der Waals surface area contributed by atoms with Crippen LogP contribution in [0.2, 0.25) is 0 Å². The van der Waals surface area contributed by atoms with Crippen molar-refractivity contribution in [2.75, 3.05) is 37.7 Å². The zero-order valence-electron chi connectivity index (χ0n) is 23.8. The van der Waals surface area contributed by atoms with Crippen molar-refractivity contribution in [1.82, 2.24) is 35.6 Å². The lowest BCUT2D eigenvalue weighted by molar-refractivity contribution is 0.108. The van der Waals surface area contributed by atoms with Crippen molar-refractivity contribution < 1.29 is 14.2 Å². The molecule has 5 aromatic rings. The van der Waals surface area contributed by atoms with Gasteiger partial charge in [-0.15, -0.1) is 5.10 Å². The highest BCUT2D eigenvalue weighted by Gasteiger charge is 2.45. The Hall–Kier alpha value is -4.09. The van der Waals surface area contributed by atoms with Crippen LogP contribution < -0.4 is 15.0 Å². The Bertz CT molecular complexity index is 1890. The molecule has 2 bridgehead atoms. The van der Waals surface area contributed by atoms with Gasteiger partial charge >= 0.3 is 6.01 Å². The van der Waals surface area contributed by atoms with Crippen molar-refractivity contribution >= 4 is 38.5 Å². The summed E-state index contributed by atoms with van der Waals surface area (Å²) in [5.41, 5.74) is 1.92. The number of nitrogens with zero attached hydrogens (tertiary/aromatic N) is 6. The molecule has 0 radical (unpaired) electrons. The summed E-state index contributed by atoms with van der Waals surface area (Å²) >= 11 is 0. The van der Waals surface area contributed by atoms with Crippen LogP contribution in [0.4, 0.5) is 10.2 Å². The van der Waals surface area contributed by atoms with Crippen LogP contribution in [0.5, 0.6) is 11.8 Å². The van der Waals surface area contributed by atoms with Crippen molar-refractivity contribution in [3.05, 3.63) is 42.2 Å². The SMILES string of the molecule is Oc1cc(-c2c(F)c3nc(OCC45CCCN4CCC5)nc(N4CC5CCC(C4)N5)c3c3nn[nH]c23)c2ccccc2c1. The third-order valence-corrected chi connectivity index (χ3v) is 10.2. The van der Waals surface area contributed by atoms with Gasteiger partial charge in [-0.05, 0) is 80.1 Å². The number of benzene rings is 3. The smallest absolute Gasteiger partial charge is 0.319 e. The van der Waals surface area contributed by atoms with Crippen LogP contribution in [-0.4, -0.2) is 85.8 Å². The molecule has 3 aromatic carbocycles. The van der Waals surface area contributed by atoms with Gasteiger partial charge in [0.1, 0.15) is 29.2 Å². The predicted octanol–water partition coefficient (Wildman–Crippen LogP) is 4.51. The van der Waals surface area contributed by atoms with Crippen molar-refractivity contribution in [1.29, 1.82) is 0 Å². The number of rotatable bonds is 5. The van der Waals surface area contributed by atoms with E-state index >= 15 is 4.39 Å². The summed E-state index contributed by atoms with van der Waals surface area (Å²) < 4.78 is 23.6. The Morgan fingerprint density at radius 1 is 1.02 bits per heavy atom. The molecule has 6 heterocycles. The van der Waals surface area contributed by atoms with Crippen LogP contribution >= 0.6 is 0 Å². The molecule has 4 saturated heterocycles. The number of H-pyrrole nitrogens is 1. The number of hydrogen-bond donors (Lipinski definition) is 3. The number of anilines is 1. The maximum absolute atomic E-state index is 17.1. The molecular weight excluding hydrogens is 547 g/mol. The Labute approximate surface area is 247 Å². The molecule has 0 aliphatic carbocycles. The van der Waals surface area contributed by atoms with Gasteiger partial charge in [-0.2, -0.15) is 9.97 Å². The third kappa shape index (κ3) is 3.90. The van der Waals surface area contributed by atoms with Gasteiger partial charge < -0.3 is 20.1 Å². The highest BCUT2D eigenvalue weighted by atomic mass is 19.1. The van der Waals surface area contributed by atoms with Gasteiger partial charge in [0.2, 0.25) is 0 Å². The highest BCUT2D eigenvalue weighted by molar-refractivity contribution is 6.16. The van der Waals surface area contributed by atoms with E-state index in [0.29, 0.717) is 46.5 Å². The second kappa shape index (κ2) is 9.45. The van der Waals surface area contributed by atoms with E-state index in [4.69, 9.17) is 14.7 Å². The fourth-order valence-corrected chi connectivity index (χ4v) is 8.29. The van der Waals surface area contributed by atoms with Crippen molar-refractivity contribution in [3.63, 3.8) is 0 Å². The van der Waals surface area contributed by atoms with Crippen LogP contribution in [0.15, 0.2) is 36.4 Å². The number of phenolic OH excluding ortho intramolecular Hbond substituents is 1. The first-order valence-corrected chi connectivity index (χ1v) is 15.4. The fraction of sp³-hybridized carbons (Fsp3) is 0.438. The lowest BCUT2D eigenvalue weighted by atomic mass is 9.95. The fourth-order valence-electron chi connectivity index (χ4n) is 8.29. The van der Waals surface area contributed by atoms with Gasteiger partial charge in [-0.3, -0.25) is 10.00 Å². The number of fused-ring (bicyclic) bond motifs is 7. The Balaban J connectivity index is 1.26. The number of piperazine rings is 1. The third-order valence-electron chi connectivity index (χ3n) is 10.2. The first-order valence-electron chi connectivity index (χ1n) is 15.4. The molecule has 220 valence electrons. The van der Waals surface area contributed by atoms with Crippen molar-refractivity contribution in [3.8, 4) is 22.9 Å². The molecule has 0 amide bonds. The second-order valence-corrected chi connectivity index (χ2v) is 12.7. The molecule has 0 saturated carbocycles. The maximum atomic E-state index is 17.1. The van der Waals surface area contributed by atoms with Crippen molar-refractivity contribution in [2.24, 2.45) is 0 Å². The van der Waals surface area contributed by atoms with E-state index in [2.05, 4.69) is 30.5 Å². The molecule has 4 aliphatic heterocycles. The minimum atomic E-state index is -0.516. The summed E-state index contributed by atoms with van der Waals surface area (Å²) in [5.74, 6) is 0.169. The van der Waals surface area contributed by atoms with E-state index < -0.39 is 5.82 Å². The molecule has 0 spiro atoms. The minimum Gasteiger partial charge on any atom is -0.508 e. The summed E-state index contributed by atoms with van der Waals surface area (Å²) in [6, 6.07) is 11.8. The lowest BCUT2D eigenvalue weighted by Crippen LogP contribution is -2.51. The molecule has 4 aliphatic rings. The number of ether oxygens (including phenoxy) is 1. The molecule has 10 nitrogen and oxygen atoms in total. The Morgan fingerprint density at radius 3 is 2.63 bits per heavy atom. The zero-order valence-corrected chi connectivity index (χ0v) is 23.8. The van der Waals surface area contributed by atoms with Gasteiger partial charge in [-0.25, -0.2) is 4.39 Å². The minimum absolute atomic E-state index is 0.00683. The average Bonchev–Trinajstić information content (AvgIpc) is 3.80. The first kappa shape index (κ1) is 25.4. The van der Waals surface area contributed by atoms with E-state index in [0.717, 1.165) is 75.5 Å². The highest BCUT2D eigenvalue weighted by Crippen LogP contribution is 2.44. The standard InChI is InChI=1S/C32H33FN8O2/c33-26-24(23-14-21(42)13-18-5-1-2-6-22(18)23)28-29(38-39-37-28)25-27(26)35-31(43-17-32-9-3-11-41(32)12-4-10-32)36-30(25)40-15-19-7-8-20(16-40)34-19/h1-2,5-6,13-14,19-20,34,42H,3-4,7-12,15-17H2,(H,37,38,39). The monoisotopic (exact) mass is 580 g/mol. The number of phenols is 1. The molecule has 11 heteroatoms. The quantitative estimate of drug-likeness (QED) is 0.276. The molecule has 2 aromatic heterocycles. The number of hydrogen-bond acceptors (Lipinski definition) is 9. The summed E-state index contributed by atoms with van der Waals surface area (Å²) in [6.45, 7) is 4.20. The number of halogens is 1. The molecule has 3 N–H and O–H groups in total. The van der Waals surface area contributed by atoms with E-state index in [1.54, 1.807) is 12.1 Å². The Morgan fingerprint density at radius 2 is 1.81 bits per heavy atom. The van der Waals surface area contributed by atoms with E-state index in [-0.39, 0.29) is 28.4 Å². The van der Waals surface area contributed by atoms with Crippen LogP contribution in [0.25, 0.3) is 43.8 Å². The van der Waals surface area contributed by atoms with E-state index in [9.17, 15) is 5.11 Å². The largest absolute Gasteiger partial charge is 0.508 e. The molecule has 4 fully saturated rings. The molecule has 2 atom stereocenters. The van der Waals surface area contributed by atoms with Gasteiger partial charge in [0.15, 0.2) is 5.82 Å². The number of nitrogens with one attached hydrogen (secondary N) is 2. The number of aromatic hydroxyl groups is 1. The number of aromatic amines is 1. The van der Waals surface area contributed by atoms with Gasteiger partial charge in [0.05, 0.1) is 16.4 Å².